The fraction of sp³-hybridized carbons (Fsp3) is 0.438. The number of aromatic amines is 1. The highest BCUT2D eigenvalue weighted by Gasteiger charge is 2.20. The normalized spacial score (nSPS) is 16.7. The molecule has 1 aromatic heterocycles. The minimum atomic E-state index is 0.519. The maximum Gasteiger partial charge on any atom is 0.110 e. The Bertz CT molecular complexity index is 568. The molecule has 0 saturated carbocycles. The lowest BCUT2D eigenvalue weighted by atomic mass is 10.00. The summed E-state index contributed by atoms with van der Waals surface area (Å²) in [6.45, 7) is 5.95. The van der Waals surface area contributed by atoms with Crippen molar-refractivity contribution in [2.24, 2.45) is 0 Å². The molecule has 1 saturated heterocycles. The molecule has 3 heteroatoms. The van der Waals surface area contributed by atoms with Gasteiger partial charge in [-0.2, -0.15) is 0 Å². The second-order valence-electron chi connectivity index (χ2n) is 5.30. The van der Waals surface area contributed by atoms with E-state index in [1.807, 2.05) is 0 Å². The largest absolute Gasteiger partial charge is 0.381 e. The Balaban J connectivity index is 1.95. The maximum absolute atomic E-state index is 5.42. The Labute approximate surface area is 114 Å². The summed E-state index contributed by atoms with van der Waals surface area (Å²) in [6.07, 6.45) is 2.14. The monoisotopic (exact) mass is 256 g/mol. The van der Waals surface area contributed by atoms with E-state index in [1.165, 1.54) is 11.1 Å². The third kappa shape index (κ3) is 2.43. The van der Waals surface area contributed by atoms with Gasteiger partial charge in [-0.15, -0.1) is 0 Å². The van der Waals surface area contributed by atoms with Crippen molar-refractivity contribution in [1.29, 1.82) is 0 Å². The van der Waals surface area contributed by atoms with Crippen molar-refractivity contribution in [3.63, 3.8) is 0 Å². The highest BCUT2D eigenvalue weighted by atomic mass is 16.5. The van der Waals surface area contributed by atoms with Gasteiger partial charge in [0.05, 0.1) is 5.69 Å². The Morgan fingerprint density at radius 3 is 2.63 bits per heavy atom. The zero-order valence-corrected chi connectivity index (χ0v) is 11.6. The zero-order valence-electron chi connectivity index (χ0n) is 11.6. The summed E-state index contributed by atoms with van der Waals surface area (Å²) in [5.74, 6) is 1.64. The number of H-pyrrole nitrogens is 1. The van der Waals surface area contributed by atoms with E-state index < -0.39 is 0 Å². The molecule has 19 heavy (non-hydrogen) atoms. The molecule has 3 rings (SSSR count). The van der Waals surface area contributed by atoms with E-state index in [0.717, 1.165) is 43.3 Å². The van der Waals surface area contributed by atoms with E-state index in [0.29, 0.717) is 5.92 Å². The van der Waals surface area contributed by atoms with Crippen molar-refractivity contribution < 1.29 is 4.74 Å². The Morgan fingerprint density at radius 1 is 1.16 bits per heavy atom. The predicted octanol–water partition coefficient (Wildman–Crippen LogP) is 3.59. The van der Waals surface area contributed by atoms with Crippen LogP contribution in [0.3, 0.4) is 0 Å². The first kappa shape index (κ1) is 12.4. The molecule has 1 N–H and O–H groups in total. The number of aromatic nitrogens is 2. The number of ether oxygens (including phenoxy) is 1. The highest BCUT2D eigenvalue weighted by Crippen LogP contribution is 2.30. The van der Waals surface area contributed by atoms with E-state index in [4.69, 9.17) is 9.72 Å². The highest BCUT2D eigenvalue weighted by molar-refractivity contribution is 5.65. The summed E-state index contributed by atoms with van der Waals surface area (Å²) in [6, 6.07) is 8.43. The van der Waals surface area contributed by atoms with Gasteiger partial charge in [-0.3, -0.25) is 0 Å². The summed E-state index contributed by atoms with van der Waals surface area (Å²) in [5, 5.41) is 0. The average molecular weight is 256 g/mol. The lowest BCUT2D eigenvalue weighted by Gasteiger charge is -2.19. The number of aryl methyl sites for hydroxylation is 2. The minimum Gasteiger partial charge on any atom is -0.381 e. The lowest BCUT2D eigenvalue weighted by molar-refractivity contribution is 0.0837. The van der Waals surface area contributed by atoms with Crippen LogP contribution < -0.4 is 0 Å². The summed E-state index contributed by atoms with van der Waals surface area (Å²) in [5.41, 5.74) is 4.76. The molecule has 1 aliphatic heterocycles. The Morgan fingerprint density at radius 2 is 1.89 bits per heavy atom. The van der Waals surface area contributed by atoms with Crippen LogP contribution in [-0.4, -0.2) is 23.2 Å². The number of hydrogen-bond acceptors (Lipinski definition) is 2. The van der Waals surface area contributed by atoms with Gasteiger partial charge in [-0.25, -0.2) is 4.98 Å². The molecule has 1 fully saturated rings. The van der Waals surface area contributed by atoms with E-state index in [2.05, 4.69) is 43.1 Å². The van der Waals surface area contributed by atoms with Crippen LogP contribution in [0.5, 0.6) is 0 Å². The fourth-order valence-electron chi connectivity index (χ4n) is 2.75. The average Bonchev–Trinajstić information content (AvgIpc) is 2.82. The van der Waals surface area contributed by atoms with Crippen molar-refractivity contribution in [2.45, 2.75) is 32.6 Å². The van der Waals surface area contributed by atoms with Gasteiger partial charge < -0.3 is 9.72 Å². The van der Waals surface area contributed by atoms with Gasteiger partial charge in [-0.05, 0) is 32.3 Å². The van der Waals surface area contributed by atoms with Gasteiger partial charge in [0, 0.05) is 30.4 Å². The third-order valence-corrected chi connectivity index (χ3v) is 3.91. The molecule has 1 aliphatic rings. The maximum atomic E-state index is 5.42. The van der Waals surface area contributed by atoms with Crippen molar-refractivity contribution in [3.05, 3.63) is 41.3 Å². The first-order chi connectivity index (χ1) is 9.25. The second-order valence-corrected chi connectivity index (χ2v) is 5.30. The summed E-state index contributed by atoms with van der Waals surface area (Å²) in [7, 11) is 0. The summed E-state index contributed by atoms with van der Waals surface area (Å²) >= 11 is 0. The standard InChI is InChI=1S/C16H20N2O/c1-11-5-3-4-6-14(11)15-12(2)17-16(18-15)13-7-9-19-10-8-13/h3-6,13H,7-10H2,1-2H3,(H,17,18). The van der Waals surface area contributed by atoms with Crippen LogP contribution >= 0.6 is 0 Å². The minimum absolute atomic E-state index is 0.519. The van der Waals surface area contributed by atoms with Gasteiger partial charge in [0.25, 0.3) is 0 Å². The molecule has 0 bridgehead atoms. The molecule has 2 aromatic rings. The Kier molecular flexibility index (Phi) is 3.38. The number of rotatable bonds is 2. The van der Waals surface area contributed by atoms with E-state index in [9.17, 15) is 0 Å². The van der Waals surface area contributed by atoms with Crippen molar-refractivity contribution >= 4 is 0 Å². The predicted molar refractivity (Wildman–Crippen MR) is 76.3 cm³/mol. The van der Waals surface area contributed by atoms with Gasteiger partial charge >= 0.3 is 0 Å². The molecule has 1 aromatic carbocycles. The van der Waals surface area contributed by atoms with Gasteiger partial charge in [0.2, 0.25) is 0 Å². The number of imidazole rings is 1. The van der Waals surface area contributed by atoms with Crippen molar-refractivity contribution in [2.75, 3.05) is 13.2 Å². The van der Waals surface area contributed by atoms with Crippen LogP contribution in [0.25, 0.3) is 11.3 Å². The van der Waals surface area contributed by atoms with Crippen LogP contribution in [-0.2, 0) is 4.74 Å². The molecule has 0 unspecified atom stereocenters. The number of hydrogen-bond donors (Lipinski definition) is 1. The van der Waals surface area contributed by atoms with Gasteiger partial charge in [0.15, 0.2) is 0 Å². The zero-order chi connectivity index (χ0) is 13.2. The van der Waals surface area contributed by atoms with Crippen LogP contribution in [0.4, 0.5) is 0 Å². The molecule has 0 aliphatic carbocycles. The second kappa shape index (κ2) is 5.17. The lowest BCUT2D eigenvalue weighted by Crippen LogP contribution is -2.15. The van der Waals surface area contributed by atoms with Gasteiger partial charge in [-0.1, -0.05) is 24.3 Å². The Hall–Kier alpha value is -1.61. The van der Waals surface area contributed by atoms with Crippen LogP contribution in [0.1, 0.15) is 35.8 Å². The smallest absolute Gasteiger partial charge is 0.110 e. The molecule has 100 valence electrons. The van der Waals surface area contributed by atoms with E-state index in [-0.39, 0.29) is 0 Å². The summed E-state index contributed by atoms with van der Waals surface area (Å²) < 4.78 is 5.42. The quantitative estimate of drug-likeness (QED) is 0.891. The first-order valence-corrected chi connectivity index (χ1v) is 6.96. The van der Waals surface area contributed by atoms with Crippen LogP contribution in [0.2, 0.25) is 0 Å². The molecule has 3 nitrogen and oxygen atoms in total. The van der Waals surface area contributed by atoms with Crippen molar-refractivity contribution in [3.8, 4) is 11.3 Å². The van der Waals surface area contributed by atoms with Crippen molar-refractivity contribution in [1.82, 2.24) is 9.97 Å². The third-order valence-electron chi connectivity index (χ3n) is 3.91. The molecule has 0 atom stereocenters. The number of nitrogens with one attached hydrogen (secondary N) is 1. The number of nitrogens with zero attached hydrogens (tertiary/aromatic N) is 1. The molecule has 0 spiro atoms. The van der Waals surface area contributed by atoms with Crippen LogP contribution in [0, 0.1) is 13.8 Å². The fourth-order valence-corrected chi connectivity index (χ4v) is 2.75. The first-order valence-electron chi connectivity index (χ1n) is 6.96. The van der Waals surface area contributed by atoms with Crippen LogP contribution in [0.15, 0.2) is 24.3 Å². The molecule has 2 heterocycles. The number of benzene rings is 1. The molecular weight excluding hydrogens is 236 g/mol. The van der Waals surface area contributed by atoms with Gasteiger partial charge in [0.1, 0.15) is 5.82 Å². The molecular formula is C16H20N2O. The summed E-state index contributed by atoms with van der Waals surface area (Å²) in [4.78, 5) is 8.33. The SMILES string of the molecule is Cc1ccccc1-c1nc(C2CCOCC2)[nH]c1C. The molecule has 0 amide bonds. The topological polar surface area (TPSA) is 37.9 Å². The molecule has 0 radical (unpaired) electrons. The van der Waals surface area contributed by atoms with E-state index >= 15 is 0 Å². The van der Waals surface area contributed by atoms with E-state index in [1.54, 1.807) is 0 Å².